The first-order valence-electron chi connectivity index (χ1n) is 8.37. The average Bonchev–Trinajstić information content (AvgIpc) is 2.50. The fourth-order valence-corrected chi connectivity index (χ4v) is 3.19. The molecular weight excluding hydrogens is 258 g/mol. The largest absolute Gasteiger partial charge is 0.317 e. The lowest BCUT2D eigenvalue weighted by Crippen LogP contribution is -2.41. The minimum absolute atomic E-state index is 0.769. The van der Waals surface area contributed by atoms with Crippen LogP contribution in [0, 0.1) is 0 Å². The summed E-state index contributed by atoms with van der Waals surface area (Å²) < 4.78 is 0. The quantitative estimate of drug-likeness (QED) is 0.778. The smallest absolute Gasteiger partial charge is 0.0236 e. The summed E-state index contributed by atoms with van der Waals surface area (Å²) in [7, 11) is 4.41. The minimum atomic E-state index is 0.769. The SMILES string of the molecule is CCNCCc1ccccc1CN1CCC(N(C)C)CC1. The Hall–Kier alpha value is -0.900. The number of hydrogen-bond donors (Lipinski definition) is 1. The standard InChI is InChI=1S/C18H31N3/c1-4-19-12-9-16-7-5-6-8-17(16)15-21-13-10-18(11-14-21)20(2)3/h5-8,18-19H,4,9-15H2,1-3H3. The van der Waals surface area contributed by atoms with E-state index in [1.54, 1.807) is 0 Å². The average molecular weight is 289 g/mol. The van der Waals surface area contributed by atoms with Gasteiger partial charge in [0, 0.05) is 12.6 Å². The summed E-state index contributed by atoms with van der Waals surface area (Å²) in [4.78, 5) is 4.99. The molecule has 0 saturated carbocycles. The number of nitrogens with one attached hydrogen (secondary N) is 1. The Morgan fingerprint density at radius 2 is 1.81 bits per heavy atom. The number of likely N-dealkylation sites (tertiary alicyclic amines) is 1. The van der Waals surface area contributed by atoms with Gasteiger partial charge in [-0.3, -0.25) is 4.90 Å². The first-order chi connectivity index (χ1) is 10.2. The molecule has 0 radical (unpaired) electrons. The Balaban J connectivity index is 1.88. The number of hydrogen-bond acceptors (Lipinski definition) is 3. The van der Waals surface area contributed by atoms with Gasteiger partial charge in [0.1, 0.15) is 0 Å². The highest BCUT2D eigenvalue weighted by Gasteiger charge is 2.20. The number of piperidine rings is 1. The van der Waals surface area contributed by atoms with Crippen LogP contribution in [-0.2, 0) is 13.0 Å². The van der Waals surface area contributed by atoms with E-state index < -0.39 is 0 Å². The molecule has 1 heterocycles. The van der Waals surface area contributed by atoms with Crippen molar-refractivity contribution in [3.8, 4) is 0 Å². The first-order valence-corrected chi connectivity index (χ1v) is 8.37. The predicted octanol–water partition coefficient (Wildman–Crippen LogP) is 2.36. The Labute approximate surface area is 130 Å². The van der Waals surface area contributed by atoms with Gasteiger partial charge in [-0.25, -0.2) is 0 Å². The molecule has 0 amide bonds. The van der Waals surface area contributed by atoms with Gasteiger partial charge < -0.3 is 10.2 Å². The Kier molecular flexibility index (Phi) is 6.68. The van der Waals surface area contributed by atoms with E-state index in [4.69, 9.17) is 0 Å². The van der Waals surface area contributed by atoms with Crippen molar-refractivity contribution in [1.82, 2.24) is 15.1 Å². The third-order valence-electron chi connectivity index (χ3n) is 4.62. The van der Waals surface area contributed by atoms with Crippen LogP contribution in [0.25, 0.3) is 0 Å². The molecule has 2 rings (SSSR count). The molecule has 1 aromatic carbocycles. The van der Waals surface area contributed by atoms with E-state index in [0.29, 0.717) is 0 Å². The molecule has 0 aliphatic carbocycles. The number of likely N-dealkylation sites (N-methyl/N-ethyl adjacent to an activating group) is 1. The lowest BCUT2D eigenvalue weighted by molar-refractivity contribution is 0.140. The molecule has 1 aromatic rings. The maximum Gasteiger partial charge on any atom is 0.0236 e. The van der Waals surface area contributed by atoms with Gasteiger partial charge in [0.15, 0.2) is 0 Å². The molecule has 0 aromatic heterocycles. The van der Waals surface area contributed by atoms with E-state index in [2.05, 4.69) is 60.4 Å². The summed E-state index contributed by atoms with van der Waals surface area (Å²) in [5.74, 6) is 0. The van der Waals surface area contributed by atoms with Gasteiger partial charge in [0.25, 0.3) is 0 Å². The van der Waals surface area contributed by atoms with Crippen molar-refractivity contribution in [2.45, 2.75) is 38.8 Å². The maximum absolute atomic E-state index is 3.43. The third-order valence-corrected chi connectivity index (χ3v) is 4.62. The van der Waals surface area contributed by atoms with Crippen LogP contribution in [0.1, 0.15) is 30.9 Å². The highest BCUT2D eigenvalue weighted by Crippen LogP contribution is 2.18. The molecule has 3 nitrogen and oxygen atoms in total. The molecule has 21 heavy (non-hydrogen) atoms. The zero-order valence-corrected chi connectivity index (χ0v) is 13.9. The van der Waals surface area contributed by atoms with Crippen LogP contribution >= 0.6 is 0 Å². The number of rotatable bonds is 7. The van der Waals surface area contributed by atoms with Gasteiger partial charge in [0.2, 0.25) is 0 Å². The van der Waals surface area contributed by atoms with Crippen LogP contribution in [0.15, 0.2) is 24.3 Å². The van der Waals surface area contributed by atoms with Crippen molar-refractivity contribution in [1.29, 1.82) is 0 Å². The van der Waals surface area contributed by atoms with Crippen LogP contribution < -0.4 is 5.32 Å². The normalized spacial score (nSPS) is 17.5. The Morgan fingerprint density at radius 3 is 2.43 bits per heavy atom. The maximum atomic E-state index is 3.43. The molecule has 1 aliphatic rings. The van der Waals surface area contributed by atoms with E-state index in [1.165, 1.54) is 37.1 Å². The van der Waals surface area contributed by atoms with Crippen molar-refractivity contribution in [3.05, 3.63) is 35.4 Å². The molecule has 1 aliphatic heterocycles. The second-order valence-corrected chi connectivity index (χ2v) is 6.34. The lowest BCUT2D eigenvalue weighted by Gasteiger charge is -2.35. The zero-order chi connectivity index (χ0) is 15.1. The second-order valence-electron chi connectivity index (χ2n) is 6.34. The summed E-state index contributed by atoms with van der Waals surface area (Å²) in [6, 6.07) is 9.71. The van der Waals surface area contributed by atoms with Crippen LogP contribution in [0.4, 0.5) is 0 Å². The zero-order valence-electron chi connectivity index (χ0n) is 13.9. The van der Waals surface area contributed by atoms with Crippen molar-refractivity contribution < 1.29 is 0 Å². The molecule has 118 valence electrons. The van der Waals surface area contributed by atoms with Gasteiger partial charge in [0.05, 0.1) is 0 Å². The molecule has 0 unspecified atom stereocenters. The van der Waals surface area contributed by atoms with Gasteiger partial charge in [-0.05, 0) is 70.7 Å². The van der Waals surface area contributed by atoms with E-state index >= 15 is 0 Å². The molecule has 3 heteroatoms. The fourth-order valence-electron chi connectivity index (χ4n) is 3.19. The van der Waals surface area contributed by atoms with Crippen LogP contribution in [-0.4, -0.2) is 56.1 Å². The fraction of sp³-hybridized carbons (Fsp3) is 0.667. The van der Waals surface area contributed by atoms with Gasteiger partial charge >= 0.3 is 0 Å². The monoisotopic (exact) mass is 289 g/mol. The molecule has 0 spiro atoms. The van der Waals surface area contributed by atoms with Crippen molar-refractivity contribution in [2.75, 3.05) is 40.3 Å². The van der Waals surface area contributed by atoms with Gasteiger partial charge in [-0.1, -0.05) is 31.2 Å². The highest BCUT2D eigenvalue weighted by atomic mass is 15.2. The predicted molar refractivity (Wildman–Crippen MR) is 90.7 cm³/mol. The van der Waals surface area contributed by atoms with Crippen LogP contribution in [0.5, 0.6) is 0 Å². The van der Waals surface area contributed by atoms with E-state index in [1.807, 2.05) is 0 Å². The summed E-state index contributed by atoms with van der Waals surface area (Å²) in [6.07, 6.45) is 3.73. The summed E-state index contributed by atoms with van der Waals surface area (Å²) >= 11 is 0. The van der Waals surface area contributed by atoms with Crippen LogP contribution in [0.3, 0.4) is 0 Å². The number of nitrogens with zero attached hydrogens (tertiary/aromatic N) is 2. The summed E-state index contributed by atoms with van der Waals surface area (Å²) in [6.45, 7) is 7.87. The highest BCUT2D eigenvalue weighted by molar-refractivity contribution is 5.27. The van der Waals surface area contributed by atoms with Crippen molar-refractivity contribution >= 4 is 0 Å². The number of benzene rings is 1. The van der Waals surface area contributed by atoms with Crippen LogP contribution in [0.2, 0.25) is 0 Å². The first kappa shape index (κ1) is 16.5. The van der Waals surface area contributed by atoms with Crippen molar-refractivity contribution in [2.24, 2.45) is 0 Å². The lowest BCUT2D eigenvalue weighted by atomic mass is 10.0. The summed E-state index contributed by atoms with van der Waals surface area (Å²) in [5.41, 5.74) is 3.02. The van der Waals surface area contributed by atoms with Gasteiger partial charge in [-0.2, -0.15) is 0 Å². The van der Waals surface area contributed by atoms with E-state index in [0.717, 1.165) is 32.1 Å². The van der Waals surface area contributed by atoms with Crippen molar-refractivity contribution in [3.63, 3.8) is 0 Å². The summed E-state index contributed by atoms with van der Waals surface area (Å²) in [5, 5.41) is 3.43. The topological polar surface area (TPSA) is 18.5 Å². The molecule has 0 atom stereocenters. The molecule has 1 fully saturated rings. The molecule has 0 bridgehead atoms. The Bertz CT molecular complexity index is 409. The third kappa shape index (κ3) is 5.10. The van der Waals surface area contributed by atoms with E-state index in [-0.39, 0.29) is 0 Å². The van der Waals surface area contributed by atoms with Gasteiger partial charge in [-0.15, -0.1) is 0 Å². The van der Waals surface area contributed by atoms with E-state index in [9.17, 15) is 0 Å². The minimum Gasteiger partial charge on any atom is -0.317 e. The second kappa shape index (κ2) is 8.52. The Morgan fingerprint density at radius 1 is 1.14 bits per heavy atom. The molecular formula is C18H31N3. The molecule has 1 saturated heterocycles. The molecule has 1 N–H and O–H groups in total.